The second kappa shape index (κ2) is 6.64. The van der Waals surface area contributed by atoms with E-state index in [9.17, 15) is 0 Å². The van der Waals surface area contributed by atoms with Gasteiger partial charge in [0, 0.05) is 9.35 Å². The van der Waals surface area contributed by atoms with E-state index in [1.54, 1.807) is 25.6 Å². The first-order valence-corrected chi connectivity index (χ1v) is 7.84. The monoisotopic (exact) mass is 360 g/mol. The lowest BCUT2D eigenvalue weighted by molar-refractivity contribution is 0.354. The van der Waals surface area contributed by atoms with Crippen LogP contribution in [0.4, 0.5) is 0 Å². The molecule has 0 saturated carbocycles. The van der Waals surface area contributed by atoms with E-state index < -0.39 is 0 Å². The van der Waals surface area contributed by atoms with Crippen LogP contribution in [-0.2, 0) is 6.42 Å². The van der Waals surface area contributed by atoms with Crippen molar-refractivity contribution in [3.8, 4) is 11.5 Å². The van der Waals surface area contributed by atoms with Crippen molar-refractivity contribution in [3.05, 3.63) is 44.6 Å². The highest BCUT2D eigenvalue weighted by Crippen LogP contribution is 2.36. The zero-order chi connectivity index (χ0) is 13.8. The fraction of sp³-hybridized carbons (Fsp3) is 0.286. The maximum Gasteiger partial charge on any atom is 0.160 e. The van der Waals surface area contributed by atoms with Crippen LogP contribution in [-0.4, -0.2) is 14.2 Å². The topological polar surface area (TPSA) is 18.5 Å². The van der Waals surface area contributed by atoms with Crippen molar-refractivity contribution in [3.63, 3.8) is 0 Å². The Balaban J connectivity index is 2.17. The average molecular weight is 362 g/mol. The molecule has 0 fully saturated rings. The lowest BCUT2D eigenvalue weighted by atomic mass is 10.1. The predicted molar refractivity (Wildman–Crippen MR) is 83.9 cm³/mol. The molecule has 0 saturated heterocycles. The molecule has 1 unspecified atom stereocenters. The highest BCUT2D eigenvalue weighted by Gasteiger charge is 2.15. The van der Waals surface area contributed by atoms with E-state index >= 15 is 0 Å². The number of hydrogen-bond donors (Lipinski definition) is 0. The van der Waals surface area contributed by atoms with Crippen molar-refractivity contribution in [2.45, 2.75) is 11.8 Å². The standard InChI is InChI=1S/C14H14BrClO2S/c1-17-12-4-3-9(8-13(12)18-2)7-11(16)14-10(15)5-6-19-14/h3-6,8,11H,7H2,1-2H3. The second-order valence-electron chi connectivity index (χ2n) is 3.99. The summed E-state index contributed by atoms with van der Waals surface area (Å²) < 4.78 is 11.6. The minimum atomic E-state index is -0.0486. The van der Waals surface area contributed by atoms with Crippen LogP contribution >= 0.6 is 38.9 Å². The molecule has 1 heterocycles. The fourth-order valence-corrected chi connectivity index (χ4v) is 4.04. The van der Waals surface area contributed by atoms with Crippen LogP contribution in [0.15, 0.2) is 34.1 Å². The molecule has 0 aliphatic rings. The van der Waals surface area contributed by atoms with E-state index in [1.807, 2.05) is 29.6 Å². The molecule has 0 aliphatic carbocycles. The number of rotatable bonds is 5. The largest absolute Gasteiger partial charge is 0.493 e. The van der Waals surface area contributed by atoms with Gasteiger partial charge < -0.3 is 9.47 Å². The van der Waals surface area contributed by atoms with Gasteiger partial charge in [0.2, 0.25) is 0 Å². The van der Waals surface area contributed by atoms with Gasteiger partial charge in [-0.1, -0.05) is 6.07 Å². The Hall–Kier alpha value is -0.710. The lowest BCUT2D eigenvalue weighted by Gasteiger charge is -2.12. The number of ether oxygens (including phenoxy) is 2. The summed E-state index contributed by atoms with van der Waals surface area (Å²) >= 11 is 11.6. The maximum absolute atomic E-state index is 6.46. The van der Waals surface area contributed by atoms with Gasteiger partial charge in [-0.05, 0) is 51.5 Å². The van der Waals surface area contributed by atoms with Crippen LogP contribution in [0.25, 0.3) is 0 Å². The van der Waals surface area contributed by atoms with Crippen LogP contribution in [0.2, 0.25) is 0 Å². The SMILES string of the molecule is COc1ccc(CC(Cl)c2sccc2Br)cc1OC. The van der Waals surface area contributed by atoms with E-state index in [4.69, 9.17) is 21.1 Å². The van der Waals surface area contributed by atoms with Crippen LogP contribution in [0, 0.1) is 0 Å². The van der Waals surface area contributed by atoms with Gasteiger partial charge in [-0.3, -0.25) is 0 Å². The Morgan fingerprint density at radius 3 is 2.53 bits per heavy atom. The third kappa shape index (κ3) is 3.44. The molecule has 1 atom stereocenters. The molecule has 1 aromatic heterocycles. The molecule has 0 amide bonds. The van der Waals surface area contributed by atoms with Crippen LogP contribution < -0.4 is 9.47 Å². The van der Waals surface area contributed by atoms with Crippen LogP contribution in [0.1, 0.15) is 15.8 Å². The Morgan fingerprint density at radius 2 is 1.95 bits per heavy atom. The fourth-order valence-electron chi connectivity index (χ4n) is 1.84. The quantitative estimate of drug-likeness (QED) is 0.694. The molecule has 0 bridgehead atoms. The summed E-state index contributed by atoms with van der Waals surface area (Å²) in [5.74, 6) is 1.46. The first kappa shape index (κ1) is 14.7. The first-order chi connectivity index (χ1) is 9.15. The molecule has 1 aromatic carbocycles. The van der Waals surface area contributed by atoms with Crippen molar-refractivity contribution < 1.29 is 9.47 Å². The summed E-state index contributed by atoms with van der Waals surface area (Å²) in [7, 11) is 3.26. The van der Waals surface area contributed by atoms with Gasteiger partial charge in [0.1, 0.15) is 0 Å². The zero-order valence-corrected chi connectivity index (χ0v) is 13.8. The second-order valence-corrected chi connectivity index (χ2v) is 6.32. The molecule has 5 heteroatoms. The maximum atomic E-state index is 6.46. The Morgan fingerprint density at radius 1 is 1.21 bits per heavy atom. The minimum Gasteiger partial charge on any atom is -0.493 e. The number of benzene rings is 1. The highest BCUT2D eigenvalue weighted by molar-refractivity contribution is 9.10. The zero-order valence-electron chi connectivity index (χ0n) is 10.7. The van der Waals surface area contributed by atoms with E-state index in [-0.39, 0.29) is 5.38 Å². The summed E-state index contributed by atoms with van der Waals surface area (Å²) in [5, 5.41) is 1.98. The third-order valence-electron chi connectivity index (χ3n) is 2.79. The van der Waals surface area contributed by atoms with Crippen molar-refractivity contribution in [1.29, 1.82) is 0 Å². The van der Waals surface area contributed by atoms with Gasteiger partial charge in [-0.2, -0.15) is 0 Å². The molecule has 0 aliphatic heterocycles. The van der Waals surface area contributed by atoms with Crippen LogP contribution in [0.5, 0.6) is 11.5 Å². The van der Waals surface area contributed by atoms with Crippen molar-refractivity contribution in [2.24, 2.45) is 0 Å². The van der Waals surface area contributed by atoms with Crippen molar-refractivity contribution in [1.82, 2.24) is 0 Å². The van der Waals surface area contributed by atoms with E-state index in [2.05, 4.69) is 15.9 Å². The van der Waals surface area contributed by atoms with Gasteiger partial charge in [0.05, 0.1) is 19.6 Å². The summed E-state index contributed by atoms with van der Waals surface area (Å²) in [4.78, 5) is 1.15. The molecule has 19 heavy (non-hydrogen) atoms. The summed E-state index contributed by atoms with van der Waals surface area (Å²) in [6, 6.07) is 7.90. The van der Waals surface area contributed by atoms with E-state index in [0.717, 1.165) is 32.8 Å². The number of alkyl halides is 1. The predicted octanol–water partition coefficient (Wildman–Crippen LogP) is 5.05. The summed E-state index contributed by atoms with van der Waals surface area (Å²) in [5.41, 5.74) is 1.12. The number of thiophene rings is 1. The van der Waals surface area contributed by atoms with E-state index in [1.165, 1.54) is 0 Å². The van der Waals surface area contributed by atoms with Gasteiger partial charge in [-0.25, -0.2) is 0 Å². The highest BCUT2D eigenvalue weighted by atomic mass is 79.9. The van der Waals surface area contributed by atoms with Gasteiger partial charge in [0.25, 0.3) is 0 Å². The average Bonchev–Trinajstić information content (AvgIpc) is 2.85. The number of hydrogen-bond acceptors (Lipinski definition) is 3. The normalized spacial score (nSPS) is 12.2. The molecule has 2 nitrogen and oxygen atoms in total. The third-order valence-corrected chi connectivity index (χ3v) is 5.28. The van der Waals surface area contributed by atoms with Crippen molar-refractivity contribution >= 4 is 38.9 Å². The molecule has 0 radical (unpaired) electrons. The molecular weight excluding hydrogens is 348 g/mol. The number of halogens is 2. The summed E-state index contributed by atoms with van der Waals surface area (Å²) in [6.07, 6.45) is 0.751. The van der Waals surface area contributed by atoms with Gasteiger partial charge >= 0.3 is 0 Å². The summed E-state index contributed by atoms with van der Waals surface area (Å²) in [6.45, 7) is 0. The smallest absolute Gasteiger partial charge is 0.160 e. The van der Waals surface area contributed by atoms with Gasteiger partial charge in [-0.15, -0.1) is 22.9 Å². The Labute approximate surface area is 130 Å². The lowest BCUT2D eigenvalue weighted by Crippen LogP contribution is -1.97. The molecular formula is C14H14BrClO2S. The molecule has 0 N–H and O–H groups in total. The van der Waals surface area contributed by atoms with E-state index in [0.29, 0.717) is 0 Å². The Bertz CT molecular complexity index is 556. The molecule has 2 rings (SSSR count). The molecule has 2 aromatic rings. The minimum absolute atomic E-state index is 0.0486. The Kier molecular flexibility index (Phi) is 5.13. The molecule has 102 valence electrons. The van der Waals surface area contributed by atoms with Gasteiger partial charge in [0.15, 0.2) is 11.5 Å². The molecule has 0 spiro atoms. The van der Waals surface area contributed by atoms with Crippen molar-refractivity contribution in [2.75, 3.05) is 14.2 Å². The first-order valence-electron chi connectivity index (χ1n) is 5.73. The van der Waals surface area contributed by atoms with Crippen LogP contribution in [0.3, 0.4) is 0 Å². The number of methoxy groups -OCH3 is 2.